The molecule has 0 aliphatic carbocycles. The van der Waals surface area contributed by atoms with Crippen LogP contribution in [0.1, 0.15) is 20.8 Å². The van der Waals surface area contributed by atoms with Crippen LogP contribution in [0.5, 0.6) is 0 Å². The van der Waals surface area contributed by atoms with Crippen molar-refractivity contribution in [3.05, 3.63) is 0 Å². The molecule has 0 aliphatic rings. The molecular weight excluding hydrogens is 541 g/mol. The second kappa shape index (κ2) is 26.7. The molecule has 1 unspecified atom stereocenters. The van der Waals surface area contributed by atoms with E-state index in [2.05, 4.69) is 49.4 Å². The molecule has 14 heteroatoms. The summed E-state index contributed by atoms with van der Waals surface area (Å²) in [6.45, 7) is 26.6. The summed E-state index contributed by atoms with van der Waals surface area (Å²) in [7, 11) is 6.23. The Balaban J connectivity index is 5.03. The largest absolute Gasteiger partial charge is 0.331 e. The molecule has 0 amide bonds. The summed E-state index contributed by atoms with van der Waals surface area (Å²) >= 11 is 0. The fourth-order valence-corrected chi connectivity index (χ4v) is 4.81. The molecule has 13 nitrogen and oxygen atoms in total. The zero-order valence-corrected chi connectivity index (χ0v) is 28.3. The van der Waals surface area contributed by atoms with Crippen molar-refractivity contribution in [2.75, 3.05) is 157 Å². The fraction of sp³-hybridized carbons (Fsp3) is 1.00. The maximum Gasteiger partial charge on any atom is 0.0777 e. The lowest BCUT2D eigenvalue weighted by molar-refractivity contribution is 0.175. The Labute approximate surface area is 266 Å². The summed E-state index contributed by atoms with van der Waals surface area (Å²) in [6, 6.07) is 0. The molecule has 0 spiro atoms. The van der Waals surface area contributed by atoms with E-state index in [-0.39, 0.29) is 5.41 Å². The highest BCUT2D eigenvalue weighted by molar-refractivity contribution is 6.15. The fourth-order valence-electron chi connectivity index (χ4n) is 4.81. The molecule has 0 aromatic carbocycles. The molecule has 1 atom stereocenters. The van der Waals surface area contributed by atoms with Crippen molar-refractivity contribution in [3.63, 3.8) is 0 Å². The molecule has 256 valence electrons. The van der Waals surface area contributed by atoms with E-state index in [1.165, 1.54) is 0 Å². The smallest absolute Gasteiger partial charge is 0.0777 e. The summed E-state index contributed by atoms with van der Waals surface area (Å²) in [5, 5.41) is 10.2. The Morgan fingerprint density at radius 3 is 1.30 bits per heavy atom. The number of nitrogens with two attached hydrogens (primary N) is 6. The van der Waals surface area contributed by atoms with Crippen LogP contribution in [0.3, 0.4) is 0 Å². The first-order valence-electron chi connectivity index (χ1n) is 16.6. The minimum absolute atomic E-state index is 0.0873. The van der Waals surface area contributed by atoms with E-state index in [0.29, 0.717) is 45.8 Å². The van der Waals surface area contributed by atoms with Crippen LogP contribution < -0.4 is 50.4 Å². The van der Waals surface area contributed by atoms with Crippen molar-refractivity contribution in [1.29, 1.82) is 0 Å². The first-order chi connectivity index (χ1) is 20.6. The van der Waals surface area contributed by atoms with Crippen molar-refractivity contribution in [2.45, 2.75) is 26.1 Å². The number of hydrogen-bond donors (Lipinski definition) is 9. The molecule has 15 N–H and O–H groups in total. The van der Waals surface area contributed by atoms with E-state index < -0.39 is 5.31 Å². The van der Waals surface area contributed by atoms with Crippen LogP contribution in [0.2, 0.25) is 5.31 Å². The van der Waals surface area contributed by atoms with Gasteiger partial charge in [0, 0.05) is 137 Å². The Morgan fingerprint density at radius 2 is 0.860 bits per heavy atom. The van der Waals surface area contributed by atoms with Gasteiger partial charge in [0.25, 0.3) is 0 Å². The minimum Gasteiger partial charge on any atom is -0.331 e. The van der Waals surface area contributed by atoms with Crippen molar-refractivity contribution >= 4 is 7.85 Å². The monoisotopic (exact) mass is 614 g/mol. The summed E-state index contributed by atoms with van der Waals surface area (Å²) < 4.78 is 0. The zero-order chi connectivity index (χ0) is 32.4. The molecule has 0 rings (SSSR count). The van der Waals surface area contributed by atoms with E-state index >= 15 is 0 Å². The minimum atomic E-state index is -0.397. The van der Waals surface area contributed by atoms with Gasteiger partial charge in [-0.1, -0.05) is 20.8 Å². The molecule has 0 fully saturated rings. The van der Waals surface area contributed by atoms with Crippen molar-refractivity contribution in [1.82, 2.24) is 35.6 Å². The summed E-state index contributed by atoms with van der Waals surface area (Å²) in [6.07, 6.45) is 0. The van der Waals surface area contributed by atoms with E-state index in [0.717, 1.165) is 111 Å². The third-order valence-corrected chi connectivity index (χ3v) is 7.74. The third-order valence-electron chi connectivity index (χ3n) is 7.74. The van der Waals surface area contributed by atoms with Gasteiger partial charge in [-0.25, -0.2) is 0 Å². The number of nitrogens with one attached hydrogen (secondary N) is 3. The van der Waals surface area contributed by atoms with Crippen LogP contribution in [0, 0.1) is 5.41 Å². The lowest BCUT2D eigenvalue weighted by Gasteiger charge is -2.32. The van der Waals surface area contributed by atoms with Gasteiger partial charge >= 0.3 is 0 Å². The Kier molecular flexibility index (Phi) is 26.4. The molecule has 0 aromatic rings. The molecular formula is C29H72BN13. The van der Waals surface area contributed by atoms with Gasteiger partial charge in [0.2, 0.25) is 0 Å². The Morgan fingerprint density at radius 1 is 0.465 bits per heavy atom. The van der Waals surface area contributed by atoms with E-state index in [1.54, 1.807) is 0 Å². The van der Waals surface area contributed by atoms with Gasteiger partial charge in [0.1, 0.15) is 0 Å². The first kappa shape index (κ1) is 42.5. The summed E-state index contributed by atoms with van der Waals surface area (Å²) in [4.78, 5) is 9.84. The van der Waals surface area contributed by atoms with Crippen LogP contribution in [-0.2, 0) is 0 Å². The maximum atomic E-state index is 6.23. The lowest BCUT2D eigenvalue weighted by atomic mass is 9.70. The van der Waals surface area contributed by atoms with Gasteiger partial charge in [0.05, 0.1) is 7.85 Å². The molecule has 0 saturated heterocycles. The molecule has 0 aromatic heterocycles. The zero-order valence-electron chi connectivity index (χ0n) is 28.3. The predicted octanol–water partition coefficient (Wildman–Crippen LogP) is -3.91. The van der Waals surface area contributed by atoms with Crippen LogP contribution in [-0.4, -0.2) is 185 Å². The molecule has 0 saturated carbocycles. The molecule has 43 heavy (non-hydrogen) atoms. The molecule has 0 heterocycles. The van der Waals surface area contributed by atoms with Gasteiger partial charge in [-0.2, -0.15) is 0 Å². The van der Waals surface area contributed by atoms with E-state index in [4.69, 9.17) is 42.2 Å². The summed E-state index contributed by atoms with van der Waals surface area (Å²) in [5.74, 6) is 0. The highest BCUT2D eigenvalue weighted by atomic mass is 15.2. The van der Waals surface area contributed by atoms with Gasteiger partial charge in [0.15, 0.2) is 0 Å². The molecule has 0 bridgehead atoms. The first-order valence-corrected chi connectivity index (χ1v) is 16.6. The van der Waals surface area contributed by atoms with E-state index in [9.17, 15) is 0 Å². The lowest BCUT2D eigenvalue weighted by Crippen LogP contribution is -2.47. The van der Waals surface area contributed by atoms with Crippen LogP contribution in [0.15, 0.2) is 0 Å². The number of hydrogen-bond acceptors (Lipinski definition) is 13. The van der Waals surface area contributed by atoms with Crippen LogP contribution in [0.4, 0.5) is 0 Å². The second-order valence-electron chi connectivity index (χ2n) is 12.9. The van der Waals surface area contributed by atoms with Crippen molar-refractivity contribution in [2.24, 2.45) is 39.8 Å². The van der Waals surface area contributed by atoms with Gasteiger partial charge < -0.3 is 55.3 Å². The van der Waals surface area contributed by atoms with Gasteiger partial charge in [-0.3, -0.25) is 14.7 Å². The van der Waals surface area contributed by atoms with Crippen LogP contribution >= 0.6 is 0 Å². The molecule has 0 aliphatic heterocycles. The number of nitrogens with zero attached hydrogens (tertiary/aromatic N) is 4. The highest BCUT2D eigenvalue weighted by Crippen LogP contribution is 2.15. The number of rotatable bonds is 32. The Bertz CT molecular complexity index is 609. The highest BCUT2D eigenvalue weighted by Gasteiger charge is 2.20. The predicted molar refractivity (Wildman–Crippen MR) is 187 cm³/mol. The van der Waals surface area contributed by atoms with E-state index in [1.807, 2.05) is 6.92 Å². The SMILES string of the molecule is [B]C(C)(CN)CNCCN(CCN(CCN)CCN)CCN(CCNCCN)CCNCCN(CCN)CC(C)(C)CN. The van der Waals surface area contributed by atoms with Crippen molar-refractivity contribution in [3.8, 4) is 0 Å². The Hall–Kier alpha value is -0.455. The van der Waals surface area contributed by atoms with Crippen molar-refractivity contribution < 1.29 is 0 Å². The summed E-state index contributed by atoms with van der Waals surface area (Å²) in [5.41, 5.74) is 35.1. The molecule has 2 radical (unpaired) electrons. The quantitative estimate of drug-likeness (QED) is 0.0263. The standard InChI is InChI=1S/C29H72BN13/c1-28(2,24-35)27-43(15-7-34)19-11-38-10-17-41(16-9-37-8-4-31)21-23-42(18-12-39-26-29(3,30)25-36)22-20-40(13-5-32)14-6-33/h37-39H,4-27,31-36H2,1-3H3. The van der Waals surface area contributed by atoms with Crippen LogP contribution in [0.25, 0.3) is 0 Å². The maximum absolute atomic E-state index is 6.23. The second-order valence-corrected chi connectivity index (χ2v) is 12.9. The average Bonchev–Trinajstić information content (AvgIpc) is 2.97. The van der Waals surface area contributed by atoms with Gasteiger partial charge in [-0.05, 0) is 30.4 Å². The normalized spacial score (nSPS) is 14.1. The average molecular weight is 614 g/mol. The third kappa shape index (κ3) is 24.5. The van der Waals surface area contributed by atoms with Gasteiger partial charge in [-0.15, -0.1) is 0 Å². The topological polar surface area (TPSA) is 205 Å².